The van der Waals surface area contributed by atoms with Crippen LogP contribution in [0, 0.1) is 0 Å². The Morgan fingerprint density at radius 1 is 0.652 bits per heavy atom. The van der Waals surface area contributed by atoms with Crippen molar-refractivity contribution < 1.29 is 88.4 Å². The molecule has 66 heavy (non-hydrogen) atoms. The van der Waals surface area contributed by atoms with Gasteiger partial charge < -0.3 is 64.5 Å². The number of nitrogens with two attached hydrogens (primary N) is 4. The molecule has 0 radical (unpaired) electrons. The standard InChI is InChI=1S/C31H52N10O4.3C2HF3O2/c32-24(13-18-39-31(34)35)29(44)37-16-10-4-8-15-36-14-7-2-1-3-9-17-38-30(45)26(20-27(33)42)41-28(43)19-22-21-40-25-12-6-5-11-23(22)25;3*3-2(4,5)1(6)7/h5-6,11-12,21,24,26,36,40H,1-4,7-10,13-20,32H2,(H2,33,42)(H,37,44)(H,38,45)(H,41,43)(H4,34,35,39);3*(H,6,7)/t24-,26-;;;/m0.../s1. The number of nitrogens with one attached hydrogen (secondary N) is 5. The van der Waals surface area contributed by atoms with E-state index in [0.717, 1.165) is 80.9 Å². The molecule has 0 aliphatic rings. The molecule has 2 rings (SSSR count). The maximum absolute atomic E-state index is 12.7. The van der Waals surface area contributed by atoms with Gasteiger partial charge in [-0.1, -0.05) is 43.9 Å². The molecule has 0 saturated heterocycles. The third-order valence-corrected chi connectivity index (χ3v) is 8.04. The van der Waals surface area contributed by atoms with E-state index in [-0.39, 0.29) is 30.6 Å². The molecule has 376 valence electrons. The van der Waals surface area contributed by atoms with E-state index >= 15 is 0 Å². The quantitative estimate of drug-likeness (QED) is 0.0310. The molecule has 2 atom stereocenters. The fourth-order valence-corrected chi connectivity index (χ4v) is 4.83. The molecule has 20 nitrogen and oxygen atoms in total. The van der Waals surface area contributed by atoms with Crippen LogP contribution in [0.1, 0.15) is 69.8 Å². The fourth-order valence-electron chi connectivity index (χ4n) is 4.83. The van der Waals surface area contributed by atoms with Gasteiger partial charge in [0.2, 0.25) is 23.6 Å². The van der Waals surface area contributed by atoms with Crippen molar-refractivity contribution in [2.24, 2.45) is 27.9 Å². The number of para-hydroxylation sites is 1. The molecule has 0 bridgehead atoms. The molecular weight excluding hydrogens is 915 g/mol. The molecule has 0 fully saturated rings. The van der Waals surface area contributed by atoms with Gasteiger partial charge in [0.25, 0.3) is 0 Å². The number of carboxylic acid groups (broad SMARTS) is 3. The summed E-state index contributed by atoms with van der Waals surface area (Å²) in [4.78, 5) is 82.4. The molecule has 1 aromatic carbocycles. The maximum Gasteiger partial charge on any atom is 0.490 e. The van der Waals surface area contributed by atoms with Crippen LogP contribution in [-0.2, 0) is 40.0 Å². The Balaban J connectivity index is 0. The number of carbonyl (C=O) groups is 7. The van der Waals surface area contributed by atoms with E-state index in [1.54, 1.807) is 6.20 Å². The maximum atomic E-state index is 12.7. The Bertz CT molecular complexity index is 1780. The van der Waals surface area contributed by atoms with E-state index < -0.39 is 60.3 Å². The van der Waals surface area contributed by atoms with Crippen LogP contribution < -0.4 is 44.2 Å². The summed E-state index contributed by atoms with van der Waals surface area (Å²) in [5.74, 6) is -9.87. The molecule has 0 saturated carbocycles. The van der Waals surface area contributed by atoms with Crippen LogP contribution in [0.15, 0.2) is 35.5 Å². The largest absolute Gasteiger partial charge is 0.490 e. The minimum atomic E-state index is -5.08. The summed E-state index contributed by atoms with van der Waals surface area (Å²) in [5, 5.41) is 34.1. The van der Waals surface area contributed by atoms with Gasteiger partial charge in [0.1, 0.15) is 6.04 Å². The molecule has 4 amide bonds. The van der Waals surface area contributed by atoms with Crippen LogP contribution in [0.3, 0.4) is 0 Å². The van der Waals surface area contributed by atoms with Crippen molar-refractivity contribution >= 4 is 58.4 Å². The lowest BCUT2D eigenvalue weighted by Crippen LogP contribution is -2.49. The van der Waals surface area contributed by atoms with E-state index in [4.69, 9.17) is 52.6 Å². The van der Waals surface area contributed by atoms with Gasteiger partial charge in [-0.25, -0.2) is 14.4 Å². The monoisotopic (exact) mass is 970 g/mol. The van der Waals surface area contributed by atoms with Crippen LogP contribution in [-0.4, -0.2) is 131 Å². The highest BCUT2D eigenvalue weighted by Gasteiger charge is 2.39. The topological polar surface area (TPSA) is 361 Å². The van der Waals surface area contributed by atoms with Crippen molar-refractivity contribution in [3.8, 4) is 0 Å². The summed E-state index contributed by atoms with van der Waals surface area (Å²) in [5.41, 5.74) is 23.4. The predicted molar refractivity (Wildman–Crippen MR) is 218 cm³/mol. The van der Waals surface area contributed by atoms with Gasteiger partial charge in [-0.15, -0.1) is 0 Å². The predicted octanol–water partition coefficient (Wildman–Crippen LogP) is 1.90. The first-order valence-electron chi connectivity index (χ1n) is 19.6. The molecule has 1 heterocycles. The normalized spacial score (nSPS) is 12.0. The Kier molecular flexibility index (Phi) is 30.2. The molecule has 2 aromatic rings. The van der Waals surface area contributed by atoms with Gasteiger partial charge in [0, 0.05) is 36.7 Å². The van der Waals surface area contributed by atoms with E-state index in [2.05, 4.69) is 31.2 Å². The Labute approximate surface area is 370 Å². The minimum Gasteiger partial charge on any atom is -0.475 e. The number of aliphatic imine (C=N–C) groups is 1. The number of rotatable bonds is 24. The Morgan fingerprint density at radius 3 is 1.53 bits per heavy atom. The summed E-state index contributed by atoms with van der Waals surface area (Å²) in [6.07, 6.45) is -5.32. The lowest BCUT2D eigenvalue weighted by Gasteiger charge is -2.17. The van der Waals surface area contributed by atoms with Gasteiger partial charge in [0.05, 0.1) is 18.9 Å². The van der Waals surface area contributed by atoms with Crippen LogP contribution in [0.4, 0.5) is 39.5 Å². The second-order valence-corrected chi connectivity index (χ2v) is 13.6. The van der Waals surface area contributed by atoms with Gasteiger partial charge in [-0.05, 0) is 56.8 Å². The average Bonchev–Trinajstić information content (AvgIpc) is 3.60. The van der Waals surface area contributed by atoms with Crippen LogP contribution >= 0.6 is 0 Å². The molecular formula is C37H55F9N10O10. The zero-order chi connectivity index (χ0) is 51.1. The average molecular weight is 971 g/mol. The van der Waals surface area contributed by atoms with Gasteiger partial charge in [0.15, 0.2) is 5.96 Å². The third-order valence-electron chi connectivity index (χ3n) is 8.04. The molecule has 1 aromatic heterocycles. The number of carboxylic acids is 3. The van der Waals surface area contributed by atoms with E-state index in [1.807, 2.05) is 24.3 Å². The SMILES string of the molecule is NC(=O)C[C@H](NC(=O)Cc1c[nH]c2ccccc12)C(=O)NCCCCCCCNCCCCCNC(=O)[C@@H](N)CCN=C(N)N.O=C(O)C(F)(F)F.O=C(O)C(F)(F)F.O=C(O)C(F)(F)F. The second kappa shape index (κ2) is 32.3. The lowest BCUT2D eigenvalue weighted by molar-refractivity contribution is -0.193. The number of unbranched alkanes of at least 4 members (excludes halogenated alkanes) is 6. The molecule has 0 spiro atoms. The number of guanidine groups is 1. The minimum absolute atomic E-state index is 0.00797. The third kappa shape index (κ3) is 32.3. The lowest BCUT2D eigenvalue weighted by atomic mass is 10.1. The number of amides is 4. The number of carbonyl (C=O) groups excluding carboxylic acids is 4. The number of alkyl halides is 9. The van der Waals surface area contributed by atoms with Crippen molar-refractivity contribution in [1.29, 1.82) is 0 Å². The van der Waals surface area contributed by atoms with Crippen molar-refractivity contribution in [2.45, 2.75) is 101 Å². The number of aromatic amines is 1. The number of halogens is 9. The summed E-state index contributed by atoms with van der Waals surface area (Å²) >= 11 is 0. The van der Waals surface area contributed by atoms with Crippen LogP contribution in [0.2, 0.25) is 0 Å². The summed E-state index contributed by atoms with van der Waals surface area (Å²) in [6, 6.07) is 6.03. The van der Waals surface area contributed by atoms with Gasteiger partial charge in [-0.3, -0.25) is 24.2 Å². The summed E-state index contributed by atoms with van der Waals surface area (Å²) in [7, 11) is 0. The molecule has 0 aliphatic carbocycles. The van der Waals surface area contributed by atoms with Crippen LogP contribution in [0.5, 0.6) is 0 Å². The van der Waals surface area contributed by atoms with Gasteiger partial charge >= 0.3 is 36.4 Å². The number of nitrogens with zero attached hydrogens (tertiary/aromatic N) is 1. The number of primary amides is 1. The zero-order valence-corrected chi connectivity index (χ0v) is 35.2. The van der Waals surface area contributed by atoms with E-state index in [1.165, 1.54) is 0 Å². The molecule has 0 unspecified atom stereocenters. The van der Waals surface area contributed by atoms with E-state index in [0.29, 0.717) is 26.1 Å². The van der Waals surface area contributed by atoms with Crippen molar-refractivity contribution in [2.75, 3.05) is 32.7 Å². The number of fused-ring (bicyclic) bond motifs is 1. The first-order chi connectivity index (χ1) is 30.5. The summed E-state index contributed by atoms with van der Waals surface area (Å²) in [6.45, 7) is 3.28. The van der Waals surface area contributed by atoms with Crippen molar-refractivity contribution in [1.82, 2.24) is 26.3 Å². The number of H-pyrrole nitrogens is 1. The Hall–Kier alpha value is -6.39. The number of hydrogen-bond acceptors (Lipinski definition) is 10. The highest BCUT2D eigenvalue weighted by molar-refractivity contribution is 5.94. The van der Waals surface area contributed by atoms with Crippen molar-refractivity contribution in [3.05, 3.63) is 36.0 Å². The smallest absolute Gasteiger partial charge is 0.475 e. The fraction of sp³-hybridized carbons (Fsp3) is 0.568. The molecule has 16 N–H and O–H groups in total. The molecule has 29 heteroatoms. The van der Waals surface area contributed by atoms with Crippen molar-refractivity contribution in [3.63, 3.8) is 0 Å². The van der Waals surface area contributed by atoms with Crippen LogP contribution in [0.25, 0.3) is 10.9 Å². The number of aromatic nitrogens is 1. The Morgan fingerprint density at radius 2 is 1.08 bits per heavy atom. The highest BCUT2D eigenvalue weighted by atomic mass is 19.4. The number of benzene rings is 1. The van der Waals surface area contributed by atoms with Gasteiger partial charge in [-0.2, -0.15) is 39.5 Å². The zero-order valence-electron chi connectivity index (χ0n) is 35.2. The summed E-state index contributed by atoms with van der Waals surface area (Å²) < 4.78 is 95.2. The molecule has 0 aliphatic heterocycles. The number of aliphatic carboxylic acids is 3. The first kappa shape index (κ1) is 61.7. The second-order valence-electron chi connectivity index (χ2n) is 13.6. The van der Waals surface area contributed by atoms with E-state index in [9.17, 15) is 58.7 Å². The number of hydrogen-bond donors (Lipinski definition) is 12. The highest BCUT2D eigenvalue weighted by Crippen LogP contribution is 2.18. The first-order valence-corrected chi connectivity index (χ1v) is 19.6.